The van der Waals surface area contributed by atoms with E-state index < -0.39 is 22.3 Å². The second kappa shape index (κ2) is 6.86. The highest BCUT2D eigenvalue weighted by Gasteiger charge is 2.19. The van der Waals surface area contributed by atoms with Crippen molar-refractivity contribution in [2.24, 2.45) is 0 Å². The van der Waals surface area contributed by atoms with Crippen LogP contribution in [-0.2, 0) is 22.4 Å². The molecule has 0 saturated heterocycles. The summed E-state index contributed by atoms with van der Waals surface area (Å²) in [6.07, 6.45) is 1.67. The van der Waals surface area contributed by atoms with Crippen molar-refractivity contribution in [2.45, 2.75) is 48.8 Å². The van der Waals surface area contributed by atoms with Gasteiger partial charge in [0.15, 0.2) is 5.16 Å². The summed E-state index contributed by atoms with van der Waals surface area (Å²) in [6.45, 7) is 3.95. The highest BCUT2D eigenvalue weighted by molar-refractivity contribution is 8.00. The van der Waals surface area contributed by atoms with Gasteiger partial charge in [-0.15, -0.1) is 10.2 Å². The van der Waals surface area contributed by atoms with Gasteiger partial charge in [0.05, 0.1) is 0 Å². The first-order valence-electron chi connectivity index (χ1n) is 5.39. The standard InChI is InChI=1S/C9H15N3O4S2/c1-3-4-5-12-8(17-6(2)7(13)14)10-11-9(12)18(15)16/h6H,3-5H2,1-2H3,(H,13,14)(H,15,16)/p-1. The van der Waals surface area contributed by atoms with Crippen LogP contribution in [0.5, 0.6) is 0 Å². The van der Waals surface area contributed by atoms with Crippen LogP contribution >= 0.6 is 11.8 Å². The van der Waals surface area contributed by atoms with Crippen molar-refractivity contribution in [2.75, 3.05) is 0 Å². The number of hydrogen-bond donors (Lipinski definition) is 1. The van der Waals surface area contributed by atoms with Gasteiger partial charge in [0.25, 0.3) is 0 Å². The van der Waals surface area contributed by atoms with Gasteiger partial charge >= 0.3 is 5.97 Å². The zero-order chi connectivity index (χ0) is 13.7. The molecule has 1 heterocycles. The number of rotatable bonds is 7. The molecular weight excluding hydrogens is 278 g/mol. The predicted octanol–water partition coefficient (Wildman–Crippen LogP) is 0.881. The number of carboxylic acids is 1. The van der Waals surface area contributed by atoms with Crippen molar-refractivity contribution in [3.05, 3.63) is 0 Å². The van der Waals surface area contributed by atoms with Gasteiger partial charge in [0.2, 0.25) is 5.16 Å². The monoisotopic (exact) mass is 292 g/mol. The summed E-state index contributed by atoms with van der Waals surface area (Å²) in [4.78, 5) is 10.8. The molecule has 9 heteroatoms. The molecule has 1 aromatic rings. The maximum absolute atomic E-state index is 11.0. The normalized spacial score (nSPS) is 14.4. The van der Waals surface area contributed by atoms with E-state index >= 15 is 0 Å². The highest BCUT2D eigenvalue weighted by atomic mass is 32.2. The molecule has 0 saturated carbocycles. The van der Waals surface area contributed by atoms with Crippen molar-refractivity contribution in [1.29, 1.82) is 0 Å². The van der Waals surface area contributed by atoms with Crippen LogP contribution in [0.25, 0.3) is 0 Å². The van der Waals surface area contributed by atoms with E-state index in [4.69, 9.17) is 5.11 Å². The van der Waals surface area contributed by atoms with E-state index in [2.05, 4.69) is 10.2 Å². The Morgan fingerprint density at radius 3 is 2.78 bits per heavy atom. The molecule has 0 aromatic carbocycles. The average molecular weight is 292 g/mol. The molecule has 0 radical (unpaired) electrons. The minimum Gasteiger partial charge on any atom is -0.766 e. The summed E-state index contributed by atoms with van der Waals surface area (Å²) in [5.41, 5.74) is 0. The fourth-order valence-corrected chi connectivity index (χ4v) is 2.53. The Hall–Kier alpha value is -0.930. The zero-order valence-corrected chi connectivity index (χ0v) is 11.7. The Kier molecular flexibility index (Phi) is 5.76. The summed E-state index contributed by atoms with van der Waals surface area (Å²) in [7, 11) is 0. The van der Waals surface area contributed by atoms with Crippen LogP contribution in [0.15, 0.2) is 10.3 Å². The van der Waals surface area contributed by atoms with Crippen LogP contribution in [0.2, 0.25) is 0 Å². The number of nitrogens with zero attached hydrogens (tertiary/aromatic N) is 3. The maximum atomic E-state index is 11.0. The maximum Gasteiger partial charge on any atom is 0.316 e. The van der Waals surface area contributed by atoms with Crippen molar-refractivity contribution < 1.29 is 18.7 Å². The van der Waals surface area contributed by atoms with Gasteiger partial charge in [-0.25, -0.2) is 0 Å². The van der Waals surface area contributed by atoms with Gasteiger partial charge in [-0.1, -0.05) is 25.1 Å². The summed E-state index contributed by atoms with van der Waals surface area (Å²) < 4.78 is 23.4. The number of aromatic nitrogens is 3. The van der Waals surface area contributed by atoms with E-state index in [1.54, 1.807) is 0 Å². The second-order valence-corrected chi connectivity index (χ2v) is 5.75. The van der Waals surface area contributed by atoms with E-state index in [-0.39, 0.29) is 5.16 Å². The smallest absolute Gasteiger partial charge is 0.316 e. The molecule has 1 N–H and O–H groups in total. The number of carboxylic acid groups (broad SMARTS) is 1. The van der Waals surface area contributed by atoms with E-state index in [0.717, 1.165) is 24.6 Å². The number of unbranched alkanes of at least 4 members (excludes halogenated alkanes) is 1. The topological polar surface area (TPSA) is 108 Å². The van der Waals surface area contributed by atoms with Crippen LogP contribution in [0.1, 0.15) is 26.7 Å². The summed E-state index contributed by atoms with van der Waals surface area (Å²) in [6, 6.07) is 0. The molecule has 18 heavy (non-hydrogen) atoms. The molecule has 0 fully saturated rings. The van der Waals surface area contributed by atoms with Crippen LogP contribution in [0, 0.1) is 0 Å². The lowest BCUT2D eigenvalue weighted by atomic mass is 10.3. The minimum atomic E-state index is -2.47. The first-order chi connectivity index (χ1) is 8.47. The SMILES string of the molecule is CCCCn1c(SC(C)C(=O)O)nnc1S(=O)[O-]. The highest BCUT2D eigenvalue weighted by Crippen LogP contribution is 2.23. The molecule has 0 aliphatic rings. The Morgan fingerprint density at radius 2 is 2.28 bits per heavy atom. The number of aliphatic carboxylic acids is 1. The summed E-state index contributed by atoms with van der Waals surface area (Å²) in [5.74, 6) is -0.977. The third-order valence-corrected chi connectivity index (χ3v) is 3.87. The Balaban J connectivity index is 2.96. The quantitative estimate of drug-likeness (QED) is 0.587. The largest absolute Gasteiger partial charge is 0.766 e. The van der Waals surface area contributed by atoms with Crippen molar-refractivity contribution in [3.63, 3.8) is 0 Å². The molecular formula is C9H14N3O4S2-. The molecule has 0 aliphatic heterocycles. The average Bonchev–Trinajstić information content (AvgIpc) is 2.69. The van der Waals surface area contributed by atoms with Gasteiger partial charge in [0, 0.05) is 17.6 Å². The van der Waals surface area contributed by atoms with Crippen molar-refractivity contribution in [1.82, 2.24) is 14.8 Å². The Labute approximate surface area is 111 Å². The molecule has 0 spiro atoms. The number of carbonyl (C=O) groups is 1. The lowest BCUT2D eigenvalue weighted by Gasteiger charge is -2.11. The molecule has 7 nitrogen and oxygen atoms in total. The molecule has 1 aromatic heterocycles. The van der Waals surface area contributed by atoms with E-state index in [1.165, 1.54) is 11.5 Å². The molecule has 0 amide bonds. The summed E-state index contributed by atoms with van der Waals surface area (Å²) in [5, 5.41) is 15.6. The minimum absolute atomic E-state index is 0.150. The van der Waals surface area contributed by atoms with Crippen LogP contribution in [0.4, 0.5) is 0 Å². The third-order valence-electron chi connectivity index (χ3n) is 2.20. The van der Waals surface area contributed by atoms with Crippen LogP contribution in [0.3, 0.4) is 0 Å². The molecule has 0 bridgehead atoms. The number of hydrogen-bond acceptors (Lipinski definition) is 6. The van der Waals surface area contributed by atoms with E-state index in [9.17, 15) is 13.6 Å². The molecule has 1 rings (SSSR count). The van der Waals surface area contributed by atoms with E-state index in [0.29, 0.717) is 11.7 Å². The molecule has 2 atom stereocenters. The van der Waals surface area contributed by atoms with Gasteiger partial charge < -0.3 is 9.66 Å². The van der Waals surface area contributed by atoms with Gasteiger partial charge in [0.1, 0.15) is 5.25 Å². The molecule has 2 unspecified atom stereocenters. The van der Waals surface area contributed by atoms with Crippen LogP contribution in [-0.4, -0.2) is 39.9 Å². The first kappa shape index (κ1) is 15.1. The zero-order valence-electron chi connectivity index (χ0n) is 10.0. The van der Waals surface area contributed by atoms with Crippen molar-refractivity contribution in [3.8, 4) is 0 Å². The van der Waals surface area contributed by atoms with E-state index in [1.807, 2.05) is 6.92 Å². The Bertz CT molecular complexity index is 449. The fraction of sp³-hybridized carbons (Fsp3) is 0.667. The number of thioether (sulfide) groups is 1. The van der Waals surface area contributed by atoms with Crippen LogP contribution < -0.4 is 0 Å². The van der Waals surface area contributed by atoms with Gasteiger partial charge in [-0.3, -0.25) is 13.6 Å². The lowest BCUT2D eigenvalue weighted by Crippen LogP contribution is -2.14. The Morgan fingerprint density at radius 1 is 1.61 bits per heavy atom. The van der Waals surface area contributed by atoms with Gasteiger partial charge in [-0.2, -0.15) is 0 Å². The van der Waals surface area contributed by atoms with Gasteiger partial charge in [-0.05, 0) is 13.3 Å². The molecule has 0 aliphatic carbocycles. The fourth-order valence-electron chi connectivity index (χ4n) is 1.20. The lowest BCUT2D eigenvalue weighted by molar-refractivity contribution is -0.136. The van der Waals surface area contributed by atoms with Crippen molar-refractivity contribution >= 4 is 28.8 Å². The predicted molar refractivity (Wildman–Crippen MR) is 65.1 cm³/mol. The third kappa shape index (κ3) is 3.79. The molecule has 102 valence electrons. The summed E-state index contributed by atoms with van der Waals surface area (Å²) >= 11 is -1.49. The second-order valence-electron chi connectivity index (χ2n) is 3.60. The first-order valence-corrected chi connectivity index (χ1v) is 7.34.